The third-order valence-corrected chi connectivity index (χ3v) is 3.19. The molecule has 3 rings (SSSR count). The fourth-order valence-electron chi connectivity index (χ4n) is 2.25. The smallest absolute Gasteiger partial charge is 0.340 e. The summed E-state index contributed by atoms with van der Waals surface area (Å²) in [6, 6.07) is 4.36. The summed E-state index contributed by atoms with van der Waals surface area (Å²) >= 11 is 0. The highest BCUT2D eigenvalue weighted by atomic mass is 16.5. The third kappa shape index (κ3) is 1.79. The molecule has 0 saturated heterocycles. The standard InChI is InChI=1S/C12H10N4O5/c1-21-12(18)6-3-2-4-7-9(6)16(20)8-5-13-14-11(17)10(8)15(7)19/h2-4,19-20H,5H2,1H3. The molecular formula is C12H10N4O5. The maximum atomic E-state index is 11.8. The van der Waals surface area contributed by atoms with Gasteiger partial charge in [0, 0.05) is 0 Å². The zero-order valence-corrected chi connectivity index (χ0v) is 10.8. The van der Waals surface area contributed by atoms with Crippen LogP contribution in [0, 0.1) is 0 Å². The van der Waals surface area contributed by atoms with Crippen molar-refractivity contribution in [3.05, 3.63) is 35.2 Å². The number of para-hydroxylation sites is 1. The first kappa shape index (κ1) is 13.2. The minimum absolute atomic E-state index is 0.00972. The van der Waals surface area contributed by atoms with Gasteiger partial charge in [0.25, 0.3) is 0 Å². The van der Waals surface area contributed by atoms with Crippen molar-refractivity contribution in [3.63, 3.8) is 0 Å². The fourth-order valence-corrected chi connectivity index (χ4v) is 2.25. The van der Waals surface area contributed by atoms with Crippen molar-refractivity contribution < 1.29 is 24.7 Å². The molecule has 0 spiro atoms. The van der Waals surface area contributed by atoms with Crippen LogP contribution in [0.2, 0.25) is 0 Å². The average molecular weight is 290 g/mol. The number of fused-ring (bicyclic) bond motifs is 1. The van der Waals surface area contributed by atoms with Crippen LogP contribution in [0.1, 0.15) is 10.4 Å². The molecule has 0 bridgehead atoms. The highest BCUT2D eigenvalue weighted by Crippen LogP contribution is 2.41. The molecule has 0 atom stereocenters. The van der Waals surface area contributed by atoms with E-state index in [0.29, 0.717) is 10.1 Å². The SMILES string of the molecule is COC(=O)c1cccc2c1N(O)C1=C(C(=O)N=NC1)N2O. The third-order valence-electron chi connectivity index (χ3n) is 3.19. The zero-order chi connectivity index (χ0) is 15.1. The average Bonchev–Trinajstić information content (AvgIpc) is 2.51. The number of methoxy groups -OCH3 is 1. The van der Waals surface area contributed by atoms with Gasteiger partial charge in [-0.3, -0.25) is 15.2 Å². The van der Waals surface area contributed by atoms with Crippen molar-refractivity contribution in [2.45, 2.75) is 0 Å². The molecule has 21 heavy (non-hydrogen) atoms. The molecule has 2 aliphatic rings. The molecule has 0 saturated carbocycles. The number of anilines is 2. The molecule has 1 amide bonds. The Kier molecular flexibility index (Phi) is 2.92. The molecule has 9 heteroatoms. The summed E-state index contributed by atoms with van der Waals surface area (Å²) < 4.78 is 4.64. The Hall–Kier alpha value is -2.78. The number of ether oxygens (including phenoxy) is 1. The first-order chi connectivity index (χ1) is 10.1. The second-order valence-electron chi connectivity index (χ2n) is 4.29. The minimum Gasteiger partial charge on any atom is -0.465 e. The summed E-state index contributed by atoms with van der Waals surface area (Å²) in [4.78, 5) is 23.5. The van der Waals surface area contributed by atoms with Gasteiger partial charge >= 0.3 is 11.9 Å². The molecule has 1 aromatic rings. The maximum absolute atomic E-state index is 11.8. The molecule has 2 heterocycles. The van der Waals surface area contributed by atoms with Crippen molar-refractivity contribution in [2.24, 2.45) is 10.2 Å². The second kappa shape index (κ2) is 4.65. The van der Waals surface area contributed by atoms with E-state index in [1.54, 1.807) is 0 Å². The molecule has 1 aromatic carbocycles. The lowest BCUT2D eigenvalue weighted by atomic mass is 10.1. The van der Waals surface area contributed by atoms with Crippen LogP contribution in [0.5, 0.6) is 0 Å². The number of amides is 1. The first-order valence-corrected chi connectivity index (χ1v) is 5.90. The van der Waals surface area contributed by atoms with Crippen LogP contribution in [0.25, 0.3) is 0 Å². The predicted molar refractivity (Wildman–Crippen MR) is 68.1 cm³/mol. The number of carbonyl (C=O) groups is 2. The molecule has 0 fully saturated rings. The Bertz CT molecular complexity index is 712. The van der Waals surface area contributed by atoms with E-state index < -0.39 is 11.9 Å². The summed E-state index contributed by atoms with van der Waals surface area (Å²) in [6.07, 6.45) is 0. The van der Waals surface area contributed by atoms with E-state index in [1.165, 1.54) is 25.3 Å². The summed E-state index contributed by atoms with van der Waals surface area (Å²) in [5.41, 5.74) is -0.0680. The summed E-state index contributed by atoms with van der Waals surface area (Å²) in [5.74, 6) is -1.47. The monoisotopic (exact) mass is 290 g/mol. The van der Waals surface area contributed by atoms with Crippen LogP contribution in [0.3, 0.4) is 0 Å². The van der Waals surface area contributed by atoms with E-state index >= 15 is 0 Å². The Balaban J connectivity index is 2.21. The number of rotatable bonds is 1. The van der Waals surface area contributed by atoms with Gasteiger partial charge in [0.05, 0.1) is 18.4 Å². The van der Waals surface area contributed by atoms with E-state index in [4.69, 9.17) is 0 Å². The molecule has 0 aromatic heterocycles. The maximum Gasteiger partial charge on any atom is 0.340 e. The molecule has 0 unspecified atom stereocenters. The van der Waals surface area contributed by atoms with Crippen molar-refractivity contribution in [3.8, 4) is 0 Å². The van der Waals surface area contributed by atoms with Gasteiger partial charge in [0.1, 0.15) is 17.9 Å². The van der Waals surface area contributed by atoms with Gasteiger partial charge in [-0.15, -0.1) is 5.11 Å². The van der Waals surface area contributed by atoms with Crippen molar-refractivity contribution >= 4 is 23.3 Å². The highest BCUT2D eigenvalue weighted by molar-refractivity contribution is 6.05. The Morgan fingerprint density at radius 3 is 2.81 bits per heavy atom. The van der Waals surface area contributed by atoms with Gasteiger partial charge in [-0.05, 0) is 12.1 Å². The molecular weight excluding hydrogens is 280 g/mol. The van der Waals surface area contributed by atoms with Crippen molar-refractivity contribution in [2.75, 3.05) is 23.8 Å². The normalized spacial score (nSPS) is 16.8. The second-order valence-corrected chi connectivity index (χ2v) is 4.29. The Morgan fingerprint density at radius 1 is 1.33 bits per heavy atom. The fraction of sp³-hybridized carbons (Fsp3) is 0.167. The number of benzene rings is 1. The quantitative estimate of drug-likeness (QED) is 0.743. The van der Waals surface area contributed by atoms with Crippen molar-refractivity contribution in [1.82, 2.24) is 0 Å². The number of hydroxylamine groups is 2. The van der Waals surface area contributed by atoms with Crippen LogP contribution < -0.4 is 10.1 Å². The van der Waals surface area contributed by atoms with Crippen LogP contribution in [-0.4, -0.2) is 35.9 Å². The van der Waals surface area contributed by atoms with Gasteiger partial charge < -0.3 is 4.74 Å². The van der Waals surface area contributed by atoms with Gasteiger partial charge in [-0.1, -0.05) is 6.07 Å². The molecule has 0 aliphatic carbocycles. The van der Waals surface area contributed by atoms with Gasteiger partial charge in [-0.25, -0.2) is 14.9 Å². The van der Waals surface area contributed by atoms with E-state index in [2.05, 4.69) is 15.0 Å². The lowest BCUT2D eigenvalue weighted by Crippen LogP contribution is -2.39. The summed E-state index contributed by atoms with van der Waals surface area (Å²) in [5, 5.41) is 28.6. The number of azo groups is 1. The Morgan fingerprint density at radius 2 is 2.10 bits per heavy atom. The van der Waals surface area contributed by atoms with Gasteiger partial charge in [0.15, 0.2) is 5.70 Å². The van der Waals surface area contributed by atoms with Crippen LogP contribution in [0.4, 0.5) is 11.4 Å². The number of carbonyl (C=O) groups excluding carboxylic acids is 2. The molecule has 108 valence electrons. The summed E-state index contributed by atoms with van der Waals surface area (Å²) in [7, 11) is 1.20. The van der Waals surface area contributed by atoms with Crippen LogP contribution in [0.15, 0.2) is 39.8 Å². The minimum atomic E-state index is -0.785. The van der Waals surface area contributed by atoms with Gasteiger partial charge in [-0.2, -0.15) is 5.11 Å². The van der Waals surface area contributed by atoms with E-state index in [1.807, 2.05) is 0 Å². The van der Waals surface area contributed by atoms with Crippen molar-refractivity contribution in [1.29, 1.82) is 0 Å². The molecule has 2 aliphatic heterocycles. The molecule has 0 radical (unpaired) electrons. The number of hydrogen-bond acceptors (Lipinski definition) is 8. The largest absolute Gasteiger partial charge is 0.465 e. The van der Waals surface area contributed by atoms with Crippen LogP contribution >= 0.6 is 0 Å². The first-order valence-electron chi connectivity index (χ1n) is 5.90. The topological polar surface area (TPSA) is 115 Å². The number of esters is 1. The number of nitrogens with zero attached hydrogens (tertiary/aromatic N) is 4. The number of hydrogen-bond donors (Lipinski definition) is 2. The van der Waals surface area contributed by atoms with E-state index in [0.717, 1.165) is 0 Å². The Labute approximate surface area is 118 Å². The van der Waals surface area contributed by atoms with Crippen LogP contribution in [-0.2, 0) is 9.53 Å². The summed E-state index contributed by atoms with van der Waals surface area (Å²) in [6.45, 7) is -0.108. The van der Waals surface area contributed by atoms with E-state index in [-0.39, 0.29) is 34.9 Å². The molecule has 2 N–H and O–H groups in total. The zero-order valence-electron chi connectivity index (χ0n) is 10.8. The lowest BCUT2D eigenvalue weighted by Gasteiger charge is -2.35. The van der Waals surface area contributed by atoms with Gasteiger partial charge in [0.2, 0.25) is 0 Å². The molecule has 9 nitrogen and oxygen atoms in total. The van der Waals surface area contributed by atoms with E-state index in [9.17, 15) is 20.0 Å². The lowest BCUT2D eigenvalue weighted by molar-refractivity contribution is -0.115. The predicted octanol–water partition coefficient (Wildman–Crippen LogP) is 1.08. The highest BCUT2D eigenvalue weighted by Gasteiger charge is 2.38.